The van der Waals surface area contributed by atoms with Crippen LogP contribution in [0.4, 0.5) is 0 Å². The molecular weight excluding hydrogens is 318 g/mol. The summed E-state index contributed by atoms with van der Waals surface area (Å²) in [6.45, 7) is 2.74. The smallest absolute Gasteiger partial charge is 0.184 e. The van der Waals surface area contributed by atoms with Crippen LogP contribution in [0.25, 0.3) is 10.9 Å². The molecule has 0 radical (unpaired) electrons. The van der Waals surface area contributed by atoms with E-state index in [1.165, 1.54) is 0 Å². The van der Waals surface area contributed by atoms with Gasteiger partial charge in [0.2, 0.25) is 0 Å². The molecule has 1 aromatic heterocycles. The van der Waals surface area contributed by atoms with Crippen LogP contribution in [0.2, 0.25) is 5.02 Å². The van der Waals surface area contributed by atoms with Gasteiger partial charge < -0.3 is 4.57 Å². The van der Waals surface area contributed by atoms with Gasteiger partial charge in [-0.1, -0.05) is 41.9 Å². The van der Waals surface area contributed by atoms with Crippen molar-refractivity contribution in [2.45, 2.75) is 24.1 Å². The van der Waals surface area contributed by atoms with Crippen LogP contribution in [0.15, 0.2) is 59.6 Å². The van der Waals surface area contributed by atoms with Gasteiger partial charge in [-0.05, 0) is 30.7 Å². The second-order valence-electron chi connectivity index (χ2n) is 5.18. The predicted octanol–water partition coefficient (Wildman–Crippen LogP) is 4.29. The third-order valence-corrected chi connectivity index (χ3v) is 5.66. The van der Waals surface area contributed by atoms with Gasteiger partial charge in [-0.15, -0.1) is 0 Å². The molecule has 114 valence electrons. The van der Waals surface area contributed by atoms with E-state index in [1.54, 1.807) is 30.5 Å². The molecule has 0 amide bonds. The van der Waals surface area contributed by atoms with Crippen LogP contribution in [0, 0.1) is 0 Å². The summed E-state index contributed by atoms with van der Waals surface area (Å²) >= 11 is 5.85. The molecule has 0 fully saturated rings. The summed E-state index contributed by atoms with van der Waals surface area (Å²) in [4.78, 5) is 0.389. The highest BCUT2D eigenvalue weighted by molar-refractivity contribution is 7.90. The standard InChI is InChI=1S/C17H16ClNO2S/c1-2-19-11-17(15-5-3-4-6-16(15)19)22(20,21)12-13-7-9-14(18)10-8-13/h3-11H,2,12H2,1H3. The second-order valence-corrected chi connectivity index (χ2v) is 7.58. The van der Waals surface area contributed by atoms with Crippen LogP contribution in [-0.2, 0) is 22.1 Å². The van der Waals surface area contributed by atoms with Crippen molar-refractivity contribution in [2.24, 2.45) is 0 Å². The predicted molar refractivity (Wildman–Crippen MR) is 90.0 cm³/mol. The van der Waals surface area contributed by atoms with E-state index >= 15 is 0 Å². The molecule has 0 aliphatic rings. The van der Waals surface area contributed by atoms with Crippen molar-refractivity contribution in [1.82, 2.24) is 4.57 Å². The first-order valence-corrected chi connectivity index (χ1v) is 9.09. The third-order valence-electron chi connectivity index (χ3n) is 3.70. The first kappa shape index (κ1) is 15.1. The average Bonchev–Trinajstić information content (AvgIpc) is 2.89. The van der Waals surface area contributed by atoms with Gasteiger partial charge in [-0.2, -0.15) is 0 Å². The summed E-state index contributed by atoms with van der Waals surface area (Å²) in [6, 6.07) is 14.5. The first-order valence-electron chi connectivity index (χ1n) is 7.06. The van der Waals surface area contributed by atoms with E-state index in [4.69, 9.17) is 11.6 Å². The average molecular weight is 334 g/mol. The molecule has 0 saturated heterocycles. The minimum atomic E-state index is -3.41. The summed E-state index contributed by atoms with van der Waals surface area (Å²) in [5.74, 6) is -0.0259. The number of rotatable bonds is 4. The van der Waals surface area contributed by atoms with Gasteiger partial charge in [0.05, 0.1) is 10.6 Å². The highest BCUT2D eigenvalue weighted by Crippen LogP contribution is 2.28. The van der Waals surface area contributed by atoms with Crippen LogP contribution >= 0.6 is 11.6 Å². The Labute approximate surface area is 135 Å². The fourth-order valence-electron chi connectivity index (χ4n) is 2.60. The van der Waals surface area contributed by atoms with Crippen molar-refractivity contribution in [3.05, 3.63) is 65.3 Å². The van der Waals surface area contributed by atoms with Gasteiger partial charge in [0.1, 0.15) is 0 Å². The molecule has 5 heteroatoms. The van der Waals surface area contributed by atoms with Crippen molar-refractivity contribution in [1.29, 1.82) is 0 Å². The van der Waals surface area contributed by atoms with Crippen LogP contribution in [-0.4, -0.2) is 13.0 Å². The first-order chi connectivity index (χ1) is 10.5. The summed E-state index contributed by atoms with van der Waals surface area (Å²) in [7, 11) is -3.41. The summed E-state index contributed by atoms with van der Waals surface area (Å²) < 4.78 is 27.5. The Morgan fingerprint density at radius 1 is 1.05 bits per heavy atom. The fraction of sp³-hybridized carbons (Fsp3) is 0.176. The van der Waals surface area contributed by atoms with Gasteiger partial charge in [-0.3, -0.25) is 0 Å². The molecule has 0 N–H and O–H groups in total. The maximum atomic E-state index is 12.8. The number of nitrogens with zero attached hydrogens (tertiary/aromatic N) is 1. The molecule has 0 atom stereocenters. The Balaban J connectivity index is 2.07. The van der Waals surface area contributed by atoms with Crippen molar-refractivity contribution in [3.63, 3.8) is 0 Å². The van der Waals surface area contributed by atoms with Crippen molar-refractivity contribution in [3.8, 4) is 0 Å². The van der Waals surface area contributed by atoms with Gasteiger partial charge >= 0.3 is 0 Å². The fourth-order valence-corrected chi connectivity index (χ4v) is 4.31. The lowest BCUT2D eigenvalue weighted by atomic mass is 10.2. The Morgan fingerprint density at radius 2 is 1.73 bits per heavy atom. The molecule has 0 aliphatic carbocycles. The van der Waals surface area contributed by atoms with Crippen LogP contribution in [0.3, 0.4) is 0 Å². The molecule has 0 spiro atoms. The molecule has 0 saturated carbocycles. The van der Waals surface area contributed by atoms with E-state index in [0.29, 0.717) is 9.92 Å². The Kier molecular flexibility index (Phi) is 3.98. The number of aromatic nitrogens is 1. The zero-order chi connectivity index (χ0) is 15.7. The minimum absolute atomic E-state index is 0.0259. The minimum Gasteiger partial charge on any atom is -0.346 e. The molecule has 0 aliphatic heterocycles. The van der Waals surface area contributed by atoms with E-state index in [-0.39, 0.29) is 5.75 Å². The Hall–Kier alpha value is -1.78. The quantitative estimate of drug-likeness (QED) is 0.714. The largest absolute Gasteiger partial charge is 0.346 e. The highest BCUT2D eigenvalue weighted by atomic mass is 35.5. The Morgan fingerprint density at radius 3 is 2.41 bits per heavy atom. The third kappa shape index (κ3) is 2.76. The van der Waals surface area contributed by atoms with Gasteiger partial charge in [0.15, 0.2) is 9.84 Å². The van der Waals surface area contributed by atoms with Gasteiger partial charge in [0.25, 0.3) is 0 Å². The second kappa shape index (κ2) is 5.78. The maximum Gasteiger partial charge on any atom is 0.184 e. The lowest BCUT2D eigenvalue weighted by Gasteiger charge is -2.04. The molecular formula is C17H16ClNO2S. The molecule has 1 heterocycles. The number of sulfone groups is 1. The number of aryl methyl sites for hydroxylation is 1. The van der Waals surface area contributed by atoms with E-state index in [0.717, 1.165) is 23.0 Å². The van der Waals surface area contributed by atoms with Crippen molar-refractivity contribution >= 4 is 32.3 Å². The van der Waals surface area contributed by atoms with E-state index in [2.05, 4.69) is 0 Å². The number of fused-ring (bicyclic) bond motifs is 1. The summed E-state index contributed by atoms with van der Waals surface area (Å²) in [6.07, 6.45) is 1.73. The molecule has 0 bridgehead atoms. The topological polar surface area (TPSA) is 39.1 Å². The highest BCUT2D eigenvalue weighted by Gasteiger charge is 2.21. The van der Waals surface area contributed by atoms with Gasteiger partial charge in [0, 0.05) is 28.7 Å². The summed E-state index contributed by atoms with van der Waals surface area (Å²) in [5, 5.41) is 1.38. The molecule has 2 aromatic carbocycles. The Bertz CT molecular complexity index is 911. The lowest BCUT2D eigenvalue weighted by Crippen LogP contribution is -2.04. The SMILES string of the molecule is CCn1cc(S(=O)(=O)Cc2ccc(Cl)cc2)c2ccccc21. The zero-order valence-electron chi connectivity index (χ0n) is 12.2. The number of para-hydroxylation sites is 1. The molecule has 22 heavy (non-hydrogen) atoms. The maximum absolute atomic E-state index is 12.8. The van der Waals surface area contributed by atoms with Crippen LogP contribution in [0.1, 0.15) is 12.5 Å². The lowest BCUT2D eigenvalue weighted by molar-refractivity contribution is 0.595. The van der Waals surface area contributed by atoms with Gasteiger partial charge in [-0.25, -0.2) is 8.42 Å². The molecule has 3 rings (SSSR count). The number of hydrogen-bond acceptors (Lipinski definition) is 2. The van der Waals surface area contributed by atoms with E-state index < -0.39 is 9.84 Å². The van der Waals surface area contributed by atoms with Crippen LogP contribution in [0.5, 0.6) is 0 Å². The van der Waals surface area contributed by atoms with Crippen molar-refractivity contribution < 1.29 is 8.42 Å². The zero-order valence-corrected chi connectivity index (χ0v) is 13.7. The van der Waals surface area contributed by atoms with Crippen LogP contribution < -0.4 is 0 Å². The number of hydrogen-bond donors (Lipinski definition) is 0. The molecule has 3 nitrogen and oxygen atoms in total. The van der Waals surface area contributed by atoms with Crippen molar-refractivity contribution in [2.75, 3.05) is 0 Å². The normalized spacial score (nSPS) is 11.9. The van der Waals surface area contributed by atoms with E-state index in [1.807, 2.05) is 35.8 Å². The molecule has 0 unspecified atom stereocenters. The number of benzene rings is 2. The number of halogens is 1. The monoisotopic (exact) mass is 333 g/mol. The summed E-state index contributed by atoms with van der Waals surface area (Å²) in [5.41, 5.74) is 1.68. The molecule has 3 aromatic rings. The van der Waals surface area contributed by atoms with E-state index in [9.17, 15) is 8.42 Å².